The van der Waals surface area contributed by atoms with Crippen LogP contribution >= 0.6 is 12.4 Å². The van der Waals surface area contributed by atoms with Crippen LogP contribution in [-0.2, 0) is 0 Å². The molecule has 0 saturated carbocycles. The van der Waals surface area contributed by atoms with Crippen LogP contribution in [0.15, 0.2) is 18.2 Å². The highest BCUT2D eigenvalue weighted by Crippen LogP contribution is 2.28. The van der Waals surface area contributed by atoms with Crippen molar-refractivity contribution in [1.82, 2.24) is 10.2 Å². The van der Waals surface area contributed by atoms with Gasteiger partial charge in [-0.1, -0.05) is 0 Å². The van der Waals surface area contributed by atoms with Gasteiger partial charge in [0.25, 0.3) is 5.91 Å². The summed E-state index contributed by atoms with van der Waals surface area (Å²) in [5.41, 5.74) is 0.263. The molecule has 1 atom stereocenters. The number of nitro benzene ring substituents is 1. The zero-order valence-electron chi connectivity index (χ0n) is 11.9. The van der Waals surface area contributed by atoms with E-state index in [1.54, 1.807) is 4.90 Å². The van der Waals surface area contributed by atoms with Crippen molar-refractivity contribution >= 4 is 24.0 Å². The Hall–Kier alpha value is -1.86. The molecule has 1 amide bonds. The maximum atomic E-state index is 12.4. The maximum Gasteiger partial charge on any atom is 0.310 e. The van der Waals surface area contributed by atoms with E-state index in [4.69, 9.17) is 4.74 Å². The van der Waals surface area contributed by atoms with Crippen LogP contribution in [0, 0.1) is 10.1 Å². The Morgan fingerprint density at radius 3 is 2.81 bits per heavy atom. The van der Waals surface area contributed by atoms with Crippen LogP contribution in [0.3, 0.4) is 0 Å². The van der Waals surface area contributed by atoms with Gasteiger partial charge in [-0.15, -0.1) is 12.4 Å². The van der Waals surface area contributed by atoms with Gasteiger partial charge in [0.1, 0.15) is 0 Å². The van der Waals surface area contributed by atoms with Crippen molar-refractivity contribution in [3.05, 3.63) is 33.9 Å². The van der Waals surface area contributed by atoms with E-state index in [0.717, 1.165) is 6.54 Å². The van der Waals surface area contributed by atoms with Crippen LogP contribution in [0.25, 0.3) is 0 Å². The molecule has 1 saturated heterocycles. The Kier molecular flexibility index (Phi) is 5.92. The number of carbonyl (C=O) groups excluding carboxylic acids is 1. The van der Waals surface area contributed by atoms with Crippen molar-refractivity contribution in [2.45, 2.75) is 13.0 Å². The molecule has 1 aliphatic heterocycles. The number of nitro groups is 1. The molecule has 0 aliphatic carbocycles. The average molecular weight is 316 g/mol. The molecule has 21 heavy (non-hydrogen) atoms. The van der Waals surface area contributed by atoms with Gasteiger partial charge in [0.05, 0.1) is 12.0 Å². The van der Waals surface area contributed by atoms with Crippen molar-refractivity contribution in [2.75, 3.05) is 26.7 Å². The summed E-state index contributed by atoms with van der Waals surface area (Å²) >= 11 is 0. The molecule has 1 aromatic carbocycles. The van der Waals surface area contributed by atoms with E-state index in [1.807, 2.05) is 6.92 Å². The second-order valence-corrected chi connectivity index (χ2v) is 4.75. The van der Waals surface area contributed by atoms with Crippen molar-refractivity contribution in [3.8, 4) is 5.75 Å². The first-order valence-corrected chi connectivity index (χ1v) is 6.38. The summed E-state index contributed by atoms with van der Waals surface area (Å²) in [4.78, 5) is 24.4. The van der Waals surface area contributed by atoms with Crippen LogP contribution in [0.2, 0.25) is 0 Å². The summed E-state index contributed by atoms with van der Waals surface area (Å²) < 4.78 is 4.98. The first-order valence-electron chi connectivity index (χ1n) is 6.38. The normalized spacial score (nSPS) is 17.8. The van der Waals surface area contributed by atoms with E-state index < -0.39 is 4.92 Å². The van der Waals surface area contributed by atoms with Crippen LogP contribution in [0.1, 0.15) is 17.3 Å². The van der Waals surface area contributed by atoms with E-state index in [1.165, 1.54) is 25.3 Å². The highest BCUT2D eigenvalue weighted by molar-refractivity contribution is 5.95. The second-order valence-electron chi connectivity index (χ2n) is 4.75. The van der Waals surface area contributed by atoms with Crippen LogP contribution < -0.4 is 10.1 Å². The first-order chi connectivity index (χ1) is 9.52. The van der Waals surface area contributed by atoms with Gasteiger partial charge in [-0.2, -0.15) is 0 Å². The number of halogens is 1. The summed E-state index contributed by atoms with van der Waals surface area (Å²) in [7, 11) is 1.35. The summed E-state index contributed by atoms with van der Waals surface area (Å²) in [6.45, 7) is 4.01. The van der Waals surface area contributed by atoms with Gasteiger partial charge < -0.3 is 15.0 Å². The Morgan fingerprint density at radius 1 is 1.52 bits per heavy atom. The van der Waals surface area contributed by atoms with Gasteiger partial charge in [-0.05, 0) is 13.0 Å². The number of hydrogen-bond donors (Lipinski definition) is 1. The molecule has 1 heterocycles. The molecule has 0 bridgehead atoms. The predicted octanol–water partition coefficient (Wildman–Crippen LogP) is 1.46. The first kappa shape index (κ1) is 17.2. The third-order valence-electron chi connectivity index (χ3n) is 3.28. The fraction of sp³-hybridized carbons (Fsp3) is 0.462. The summed E-state index contributed by atoms with van der Waals surface area (Å²) in [5, 5.41) is 14.1. The molecule has 1 aliphatic rings. The highest BCUT2D eigenvalue weighted by Gasteiger charge is 2.24. The SMILES string of the molecule is COc1cc(C(=O)N2CCNC(C)C2)ccc1[N+](=O)[O-].Cl. The lowest BCUT2D eigenvalue weighted by Crippen LogP contribution is -2.51. The molecule has 0 aromatic heterocycles. The van der Waals surface area contributed by atoms with Gasteiger partial charge >= 0.3 is 5.69 Å². The van der Waals surface area contributed by atoms with Gasteiger partial charge in [0.15, 0.2) is 5.75 Å². The molecule has 0 radical (unpaired) electrons. The molecule has 2 rings (SSSR count). The summed E-state index contributed by atoms with van der Waals surface area (Å²) in [6.07, 6.45) is 0. The van der Waals surface area contributed by atoms with Crippen molar-refractivity contribution in [2.24, 2.45) is 0 Å². The fourth-order valence-corrected chi connectivity index (χ4v) is 2.26. The topological polar surface area (TPSA) is 84.7 Å². The number of amides is 1. The van der Waals surface area contributed by atoms with Crippen LogP contribution in [0.4, 0.5) is 5.69 Å². The zero-order chi connectivity index (χ0) is 14.7. The van der Waals surface area contributed by atoms with Crippen LogP contribution in [-0.4, -0.2) is 48.5 Å². The van der Waals surface area contributed by atoms with E-state index in [0.29, 0.717) is 18.7 Å². The molecule has 1 aromatic rings. The third kappa shape index (κ3) is 3.83. The number of nitrogens with one attached hydrogen (secondary N) is 1. The molecule has 8 heteroatoms. The minimum Gasteiger partial charge on any atom is -0.490 e. The third-order valence-corrected chi connectivity index (χ3v) is 3.28. The number of hydrogen-bond acceptors (Lipinski definition) is 5. The molecule has 0 spiro atoms. The Balaban J connectivity index is 0.00000220. The minimum absolute atomic E-state index is 0. The number of carbonyl (C=O) groups is 1. The molecular weight excluding hydrogens is 298 g/mol. The van der Waals surface area contributed by atoms with E-state index in [9.17, 15) is 14.9 Å². The van der Waals surface area contributed by atoms with Crippen molar-refractivity contribution in [1.29, 1.82) is 0 Å². The summed E-state index contributed by atoms with van der Waals surface area (Å²) in [6, 6.07) is 4.44. The molecule has 7 nitrogen and oxygen atoms in total. The monoisotopic (exact) mass is 315 g/mol. The molecule has 1 unspecified atom stereocenters. The highest BCUT2D eigenvalue weighted by atomic mass is 35.5. The minimum atomic E-state index is -0.528. The standard InChI is InChI=1S/C13H17N3O4.ClH/c1-9-8-15(6-5-14-9)13(17)10-3-4-11(16(18)19)12(7-10)20-2;/h3-4,7,9,14H,5-6,8H2,1-2H3;1H. The molecule has 1 fully saturated rings. The Morgan fingerprint density at radius 2 is 2.24 bits per heavy atom. The predicted molar refractivity (Wildman–Crippen MR) is 80.3 cm³/mol. The number of benzene rings is 1. The van der Waals surface area contributed by atoms with Gasteiger partial charge in [0.2, 0.25) is 0 Å². The second kappa shape index (κ2) is 7.24. The molecule has 116 valence electrons. The summed E-state index contributed by atoms with van der Waals surface area (Å²) in [5.74, 6) is -0.0319. The lowest BCUT2D eigenvalue weighted by atomic mass is 10.1. The van der Waals surface area contributed by atoms with Gasteiger partial charge in [-0.3, -0.25) is 14.9 Å². The fourth-order valence-electron chi connectivity index (χ4n) is 2.26. The van der Waals surface area contributed by atoms with Crippen molar-refractivity contribution in [3.63, 3.8) is 0 Å². The zero-order valence-corrected chi connectivity index (χ0v) is 12.7. The van der Waals surface area contributed by atoms with E-state index in [2.05, 4.69) is 5.32 Å². The maximum absolute atomic E-state index is 12.4. The van der Waals surface area contributed by atoms with Crippen LogP contribution in [0.5, 0.6) is 5.75 Å². The molecular formula is C13H18ClN3O4. The lowest BCUT2D eigenvalue weighted by Gasteiger charge is -2.32. The van der Waals surface area contributed by atoms with E-state index >= 15 is 0 Å². The lowest BCUT2D eigenvalue weighted by molar-refractivity contribution is -0.385. The largest absolute Gasteiger partial charge is 0.490 e. The van der Waals surface area contributed by atoms with Gasteiger partial charge in [-0.25, -0.2) is 0 Å². The smallest absolute Gasteiger partial charge is 0.310 e. The Labute approximate surface area is 128 Å². The number of nitrogens with zero attached hydrogens (tertiary/aromatic N) is 2. The van der Waals surface area contributed by atoms with Gasteiger partial charge in [0, 0.05) is 43.4 Å². The average Bonchev–Trinajstić information content (AvgIpc) is 2.45. The van der Waals surface area contributed by atoms with Crippen molar-refractivity contribution < 1.29 is 14.5 Å². The number of rotatable bonds is 3. The quantitative estimate of drug-likeness (QED) is 0.674. The Bertz CT molecular complexity index is 538. The number of piperazine rings is 1. The number of methoxy groups -OCH3 is 1. The molecule has 1 N–H and O–H groups in total. The number of ether oxygens (including phenoxy) is 1. The van der Waals surface area contributed by atoms with E-state index in [-0.39, 0.29) is 35.8 Å².